The Bertz CT molecular complexity index is 396. The van der Waals surface area contributed by atoms with E-state index in [9.17, 15) is 4.79 Å². The van der Waals surface area contributed by atoms with Gasteiger partial charge in [-0.25, -0.2) is 4.98 Å². The second-order valence-corrected chi connectivity index (χ2v) is 5.71. The van der Waals surface area contributed by atoms with Gasteiger partial charge in [-0.1, -0.05) is 6.92 Å². The van der Waals surface area contributed by atoms with E-state index in [0.717, 1.165) is 30.2 Å². The van der Waals surface area contributed by atoms with E-state index in [2.05, 4.69) is 17.2 Å². The Morgan fingerprint density at radius 3 is 2.88 bits per heavy atom. The van der Waals surface area contributed by atoms with Crippen LogP contribution in [0.15, 0.2) is 0 Å². The number of nitrogens with zero attached hydrogens (tertiary/aromatic N) is 2. The van der Waals surface area contributed by atoms with E-state index >= 15 is 0 Å². The Kier molecular flexibility index (Phi) is 3.79. The van der Waals surface area contributed by atoms with Crippen LogP contribution in [0.4, 0.5) is 0 Å². The van der Waals surface area contributed by atoms with Crippen LogP contribution in [0.1, 0.15) is 28.9 Å². The molecule has 0 aromatic carbocycles. The smallest absolute Gasteiger partial charge is 0.240 e. The molecule has 0 aliphatic carbocycles. The number of thiazole rings is 1. The van der Waals surface area contributed by atoms with Crippen molar-refractivity contribution in [1.29, 1.82) is 0 Å². The summed E-state index contributed by atoms with van der Waals surface area (Å²) in [6.45, 7) is 8.46. The third-order valence-electron chi connectivity index (χ3n) is 3.19. The lowest BCUT2D eigenvalue weighted by molar-refractivity contribution is -0.136. The van der Waals surface area contributed by atoms with Crippen molar-refractivity contribution in [3.05, 3.63) is 15.6 Å². The van der Waals surface area contributed by atoms with Crippen molar-refractivity contribution in [2.75, 3.05) is 13.1 Å². The fourth-order valence-corrected chi connectivity index (χ4v) is 2.99. The van der Waals surface area contributed by atoms with E-state index in [1.165, 1.54) is 4.88 Å². The molecule has 1 aromatic rings. The molecule has 1 aliphatic rings. The van der Waals surface area contributed by atoms with Gasteiger partial charge in [-0.15, -0.1) is 11.3 Å². The molecule has 2 rings (SSSR count). The number of aromatic nitrogens is 1. The zero-order valence-corrected chi connectivity index (χ0v) is 11.4. The summed E-state index contributed by atoms with van der Waals surface area (Å²) < 4.78 is 0. The first-order valence-corrected chi connectivity index (χ1v) is 6.88. The number of piperazine rings is 1. The SMILES string of the molecule is CCC1NCCN(Cc2nc(C)c(C)s2)C1=O. The van der Waals surface area contributed by atoms with Crippen molar-refractivity contribution in [3.63, 3.8) is 0 Å². The Labute approximate surface area is 106 Å². The first-order chi connectivity index (χ1) is 8.11. The highest BCUT2D eigenvalue weighted by molar-refractivity contribution is 7.11. The maximum atomic E-state index is 12.1. The van der Waals surface area contributed by atoms with Gasteiger partial charge >= 0.3 is 0 Å². The molecular formula is C12H19N3OS. The number of hydrogen-bond donors (Lipinski definition) is 1. The molecule has 0 spiro atoms. The van der Waals surface area contributed by atoms with Crippen LogP contribution in [0, 0.1) is 13.8 Å². The van der Waals surface area contributed by atoms with Gasteiger partial charge in [-0.2, -0.15) is 0 Å². The van der Waals surface area contributed by atoms with Crippen molar-refractivity contribution < 1.29 is 4.79 Å². The van der Waals surface area contributed by atoms with Crippen molar-refractivity contribution in [3.8, 4) is 0 Å². The second kappa shape index (κ2) is 5.14. The Morgan fingerprint density at radius 1 is 1.53 bits per heavy atom. The number of carbonyl (C=O) groups excluding carboxylic acids is 1. The average molecular weight is 253 g/mol. The molecule has 1 unspecified atom stereocenters. The minimum atomic E-state index is -0.00842. The van der Waals surface area contributed by atoms with Gasteiger partial charge in [-0.05, 0) is 20.3 Å². The molecule has 0 radical (unpaired) electrons. The Balaban J connectivity index is 2.05. The third kappa shape index (κ3) is 2.66. The zero-order chi connectivity index (χ0) is 12.4. The van der Waals surface area contributed by atoms with E-state index in [1.54, 1.807) is 11.3 Å². The summed E-state index contributed by atoms with van der Waals surface area (Å²) in [6, 6.07) is -0.00842. The van der Waals surface area contributed by atoms with Crippen LogP contribution in [-0.4, -0.2) is 34.9 Å². The Hall–Kier alpha value is -0.940. The van der Waals surface area contributed by atoms with Gasteiger partial charge in [0.25, 0.3) is 0 Å². The van der Waals surface area contributed by atoms with Gasteiger partial charge in [-0.3, -0.25) is 4.79 Å². The number of aryl methyl sites for hydroxylation is 2. The topological polar surface area (TPSA) is 45.2 Å². The van der Waals surface area contributed by atoms with Crippen molar-refractivity contribution in [1.82, 2.24) is 15.2 Å². The summed E-state index contributed by atoms with van der Waals surface area (Å²) in [7, 11) is 0. The van der Waals surface area contributed by atoms with Crippen LogP contribution >= 0.6 is 11.3 Å². The lowest BCUT2D eigenvalue weighted by Gasteiger charge is -2.32. The molecule has 1 saturated heterocycles. The molecule has 17 heavy (non-hydrogen) atoms. The molecule has 1 fully saturated rings. The molecule has 0 saturated carbocycles. The quantitative estimate of drug-likeness (QED) is 0.887. The molecule has 0 bridgehead atoms. The molecule has 1 atom stereocenters. The minimum Gasteiger partial charge on any atom is -0.333 e. The highest BCUT2D eigenvalue weighted by Gasteiger charge is 2.27. The number of rotatable bonds is 3. The van der Waals surface area contributed by atoms with Crippen molar-refractivity contribution in [2.45, 2.75) is 39.8 Å². The highest BCUT2D eigenvalue weighted by Crippen LogP contribution is 2.19. The van der Waals surface area contributed by atoms with Gasteiger partial charge < -0.3 is 10.2 Å². The van der Waals surface area contributed by atoms with Gasteiger partial charge in [0.15, 0.2) is 0 Å². The molecular weight excluding hydrogens is 234 g/mol. The van der Waals surface area contributed by atoms with E-state index in [4.69, 9.17) is 0 Å². The molecule has 2 heterocycles. The standard InChI is InChI=1S/C12H19N3OS/c1-4-10-12(16)15(6-5-13-10)7-11-14-8(2)9(3)17-11/h10,13H,4-7H2,1-3H3. The number of nitrogens with one attached hydrogen (secondary N) is 1. The van der Waals surface area contributed by atoms with Crippen LogP contribution in [0.25, 0.3) is 0 Å². The van der Waals surface area contributed by atoms with Crippen LogP contribution in [0.3, 0.4) is 0 Å². The maximum Gasteiger partial charge on any atom is 0.240 e. The molecule has 1 N–H and O–H groups in total. The van der Waals surface area contributed by atoms with Crippen LogP contribution in [0.2, 0.25) is 0 Å². The fourth-order valence-electron chi connectivity index (χ4n) is 2.04. The molecule has 4 nitrogen and oxygen atoms in total. The lowest BCUT2D eigenvalue weighted by atomic mass is 10.1. The van der Waals surface area contributed by atoms with Crippen LogP contribution < -0.4 is 5.32 Å². The zero-order valence-electron chi connectivity index (χ0n) is 10.6. The summed E-state index contributed by atoms with van der Waals surface area (Å²) in [6.07, 6.45) is 0.852. The molecule has 1 aromatic heterocycles. The second-order valence-electron chi connectivity index (χ2n) is 4.42. The van der Waals surface area contributed by atoms with E-state index in [1.807, 2.05) is 18.7 Å². The summed E-state index contributed by atoms with van der Waals surface area (Å²) in [5, 5.41) is 4.29. The molecule has 5 heteroatoms. The van der Waals surface area contributed by atoms with Crippen LogP contribution in [0.5, 0.6) is 0 Å². The van der Waals surface area contributed by atoms with Crippen molar-refractivity contribution in [2.24, 2.45) is 0 Å². The third-order valence-corrected chi connectivity index (χ3v) is 4.25. The molecule has 1 amide bonds. The number of amides is 1. The van der Waals surface area contributed by atoms with Crippen LogP contribution in [-0.2, 0) is 11.3 Å². The predicted molar refractivity (Wildman–Crippen MR) is 69.1 cm³/mol. The van der Waals surface area contributed by atoms with E-state index in [0.29, 0.717) is 6.54 Å². The van der Waals surface area contributed by atoms with E-state index in [-0.39, 0.29) is 11.9 Å². The summed E-state index contributed by atoms with van der Waals surface area (Å²) in [5.41, 5.74) is 1.08. The van der Waals surface area contributed by atoms with Gasteiger partial charge in [0, 0.05) is 18.0 Å². The first kappa shape index (κ1) is 12.5. The molecule has 1 aliphatic heterocycles. The normalized spacial score (nSPS) is 21.0. The van der Waals surface area contributed by atoms with Gasteiger partial charge in [0.1, 0.15) is 5.01 Å². The maximum absolute atomic E-state index is 12.1. The fraction of sp³-hybridized carbons (Fsp3) is 0.667. The first-order valence-electron chi connectivity index (χ1n) is 6.07. The predicted octanol–water partition coefficient (Wildman–Crippen LogP) is 1.47. The lowest BCUT2D eigenvalue weighted by Crippen LogP contribution is -2.54. The Morgan fingerprint density at radius 2 is 2.29 bits per heavy atom. The summed E-state index contributed by atoms with van der Waals surface area (Å²) >= 11 is 1.69. The monoisotopic (exact) mass is 253 g/mol. The number of carbonyl (C=O) groups is 1. The number of hydrogen-bond acceptors (Lipinski definition) is 4. The van der Waals surface area contributed by atoms with Gasteiger partial charge in [0.05, 0.1) is 18.3 Å². The van der Waals surface area contributed by atoms with E-state index < -0.39 is 0 Å². The minimum absolute atomic E-state index is 0.00842. The summed E-state index contributed by atoms with van der Waals surface area (Å²) in [4.78, 5) is 19.8. The molecule has 94 valence electrons. The summed E-state index contributed by atoms with van der Waals surface area (Å²) in [5.74, 6) is 0.212. The average Bonchev–Trinajstić information content (AvgIpc) is 2.61. The van der Waals surface area contributed by atoms with Gasteiger partial charge in [0.2, 0.25) is 5.91 Å². The highest BCUT2D eigenvalue weighted by atomic mass is 32.1. The largest absolute Gasteiger partial charge is 0.333 e. The van der Waals surface area contributed by atoms with Crippen molar-refractivity contribution >= 4 is 17.2 Å².